The number of non-ortho nitro benzene ring substituents is 1. The van der Waals surface area contributed by atoms with Crippen molar-refractivity contribution in [2.45, 2.75) is 18.4 Å². The maximum Gasteiger partial charge on any atom is 0.269 e. The van der Waals surface area contributed by atoms with E-state index in [1.165, 1.54) is 12.1 Å². The number of carbonyl (C=O) groups excluding carboxylic acids is 1. The van der Waals surface area contributed by atoms with Gasteiger partial charge in [0, 0.05) is 24.1 Å². The second-order valence-electron chi connectivity index (χ2n) is 6.00. The van der Waals surface area contributed by atoms with Crippen molar-refractivity contribution in [1.29, 1.82) is 0 Å². The fourth-order valence-electron chi connectivity index (χ4n) is 2.85. The summed E-state index contributed by atoms with van der Waals surface area (Å²) in [5.74, 6) is 0.368. The highest BCUT2D eigenvalue weighted by Gasteiger charge is 2.35. The zero-order valence-corrected chi connectivity index (χ0v) is 13.5. The molecule has 0 radical (unpaired) electrons. The van der Waals surface area contributed by atoms with Crippen LogP contribution in [0, 0.1) is 10.1 Å². The maximum absolute atomic E-state index is 12.1. The molecule has 0 bridgehead atoms. The van der Waals surface area contributed by atoms with Crippen molar-refractivity contribution in [2.75, 3.05) is 13.2 Å². The third kappa shape index (κ3) is 3.77. The SMILES string of the molecule is O=C(Cc1ccc([N+](=O)[O-])cc1)NCC1(O)CCOc2ccccc21. The fraction of sp³-hybridized carbons (Fsp3) is 0.278. The van der Waals surface area contributed by atoms with Gasteiger partial charge in [-0.3, -0.25) is 14.9 Å². The van der Waals surface area contributed by atoms with Crippen LogP contribution in [0.1, 0.15) is 17.5 Å². The van der Waals surface area contributed by atoms with Crippen molar-refractivity contribution in [1.82, 2.24) is 5.32 Å². The van der Waals surface area contributed by atoms with Gasteiger partial charge in [-0.15, -0.1) is 0 Å². The van der Waals surface area contributed by atoms with Gasteiger partial charge in [-0.25, -0.2) is 0 Å². The number of hydrogen-bond acceptors (Lipinski definition) is 5. The van der Waals surface area contributed by atoms with Gasteiger partial charge in [-0.1, -0.05) is 30.3 Å². The van der Waals surface area contributed by atoms with Crippen molar-refractivity contribution < 1.29 is 19.6 Å². The first-order valence-electron chi connectivity index (χ1n) is 7.93. The normalized spacial score (nSPS) is 18.8. The van der Waals surface area contributed by atoms with Gasteiger partial charge < -0.3 is 15.2 Å². The molecule has 3 rings (SSSR count). The van der Waals surface area contributed by atoms with Crippen molar-refractivity contribution >= 4 is 11.6 Å². The van der Waals surface area contributed by atoms with Crippen molar-refractivity contribution in [3.8, 4) is 5.75 Å². The molecule has 0 saturated heterocycles. The Morgan fingerprint density at radius 1 is 1.24 bits per heavy atom. The van der Waals surface area contributed by atoms with E-state index in [4.69, 9.17) is 4.74 Å². The van der Waals surface area contributed by atoms with E-state index in [2.05, 4.69) is 5.32 Å². The monoisotopic (exact) mass is 342 g/mol. The number of para-hydroxylation sites is 1. The lowest BCUT2D eigenvalue weighted by Crippen LogP contribution is -2.44. The van der Waals surface area contributed by atoms with Gasteiger partial charge in [-0.05, 0) is 11.6 Å². The maximum atomic E-state index is 12.1. The number of hydrogen-bond donors (Lipinski definition) is 2. The number of rotatable bonds is 5. The van der Waals surface area contributed by atoms with Crippen molar-refractivity contribution in [3.05, 3.63) is 69.8 Å². The van der Waals surface area contributed by atoms with E-state index < -0.39 is 10.5 Å². The van der Waals surface area contributed by atoms with Gasteiger partial charge in [0.2, 0.25) is 5.91 Å². The van der Waals surface area contributed by atoms with Crippen LogP contribution in [-0.2, 0) is 16.8 Å². The summed E-state index contributed by atoms with van der Waals surface area (Å²) in [6, 6.07) is 13.1. The molecule has 7 nitrogen and oxygen atoms in total. The number of ether oxygens (including phenoxy) is 1. The second-order valence-corrected chi connectivity index (χ2v) is 6.00. The van der Waals surface area contributed by atoms with Crippen LogP contribution in [0.5, 0.6) is 5.75 Å². The number of amides is 1. The summed E-state index contributed by atoms with van der Waals surface area (Å²) < 4.78 is 5.52. The minimum atomic E-state index is -1.17. The smallest absolute Gasteiger partial charge is 0.269 e. The van der Waals surface area contributed by atoms with Crippen LogP contribution in [0.4, 0.5) is 5.69 Å². The molecule has 7 heteroatoms. The number of nitrogens with zero attached hydrogens (tertiary/aromatic N) is 1. The quantitative estimate of drug-likeness (QED) is 0.638. The van der Waals surface area contributed by atoms with Gasteiger partial charge in [0.25, 0.3) is 5.69 Å². The molecule has 0 spiro atoms. The molecule has 1 amide bonds. The fourth-order valence-corrected chi connectivity index (χ4v) is 2.85. The Bertz CT molecular complexity index is 790. The largest absolute Gasteiger partial charge is 0.493 e. The Labute approximate surface area is 144 Å². The van der Waals surface area contributed by atoms with Crippen LogP contribution < -0.4 is 10.1 Å². The van der Waals surface area contributed by atoms with Gasteiger partial charge in [-0.2, -0.15) is 0 Å². The van der Waals surface area contributed by atoms with E-state index >= 15 is 0 Å². The molecule has 130 valence electrons. The van der Waals surface area contributed by atoms with Crippen LogP contribution in [0.15, 0.2) is 48.5 Å². The third-order valence-corrected chi connectivity index (χ3v) is 4.25. The Hall–Kier alpha value is -2.93. The number of benzene rings is 2. The standard InChI is InChI=1S/C18H18N2O5/c21-17(11-13-5-7-14(8-6-13)20(23)24)19-12-18(22)9-10-25-16-4-2-1-3-15(16)18/h1-8,22H,9-12H2,(H,19,21). The number of nitro benzene ring substituents is 1. The summed E-state index contributed by atoms with van der Waals surface area (Å²) >= 11 is 0. The lowest BCUT2D eigenvalue weighted by Gasteiger charge is -2.34. The van der Waals surface area contributed by atoms with E-state index in [0.29, 0.717) is 29.9 Å². The lowest BCUT2D eigenvalue weighted by molar-refractivity contribution is -0.384. The topological polar surface area (TPSA) is 102 Å². The molecule has 0 aliphatic carbocycles. The van der Waals surface area contributed by atoms with Gasteiger partial charge in [0.05, 0.1) is 24.5 Å². The van der Waals surface area contributed by atoms with Gasteiger partial charge in [0.15, 0.2) is 0 Å². The number of aliphatic hydroxyl groups is 1. The first kappa shape index (κ1) is 16.9. The molecular formula is C18H18N2O5. The highest BCUT2D eigenvalue weighted by Crippen LogP contribution is 2.36. The lowest BCUT2D eigenvalue weighted by atomic mass is 9.88. The summed E-state index contributed by atoms with van der Waals surface area (Å²) in [6.07, 6.45) is 0.480. The Morgan fingerprint density at radius 2 is 1.96 bits per heavy atom. The van der Waals surface area contributed by atoms with Crippen LogP contribution >= 0.6 is 0 Å². The molecule has 0 aromatic heterocycles. The second kappa shape index (κ2) is 6.90. The molecule has 0 saturated carbocycles. The molecule has 0 fully saturated rings. The minimum absolute atomic E-state index is 0.0164. The summed E-state index contributed by atoms with van der Waals surface area (Å²) in [5.41, 5.74) is 0.150. The highest BCUT2D eigenvalue weighted by molar-refractivity contribution is 5.78. The van der Waals surface area contributed by atoms with Crippen molar-refractivity contribution in [3.63, 3.8) is 0 Å². The Morgan fingerprint density at radius 3 is 2.68 bits per heavy atom. The van der Waals surface area contributed by atoms with Gasteiger partial charge in [0.1, 0.15) is 11.4 Å². The van der Waals surface area contributed by atoms with Crippen LogP contribution in [-0.4, -0.2) is 29.1 Å². The Balaban J connectivity index is 1.62. The summed E-state index contributed by atoms with van der Waals surface area (Å²) in [7, 11) is 0. The molecule has 1 heterocycles. The molecule has 2 N–H and O–H groups in total. The van der Waals surface area contributed by atoms with Gasteiger partial charge >= 0.3 is 0 Å². The number of nitrogens with one attached hydrogen (secondary N) is 1. The summed E-state index contributed by atoms with van der Waals surface area (Å²) in [6.45, 7) is 0.463. The molecule has 1 aliphatic rings. The third-order valence-electron chi connectivity index (χ3n) is 4.25. The molecule has 2 aromatic carbocycles. The summed E-state index contributed by atoms with van der Waals surface area (Å²) in [4.78, 5) is 22.3. The summed E-state index contributed by atoms with van der Waals surface area (Å²) in [5, 5.41) is 24.2. The molecule has 1 atom stereocenters. The van der Waals surface area contributed by atoms with Crippen LogP contribution in [0.3, 0.4) is 0 Å². The van der Waals surface area contributed by atoms with E-state index in [0.717, 1.165) is 0 Å². The van der Waals surface area contributed by atoms with E-state index in [9.17, 15) is 20.0 Å². The predicted octanol–water partition coefficient (Wildman–Crippen LogP) is 1.92. The highest BCUT2D eigenvalue weighted by atomic mass is 16.6. The first-order valence-corrected chi connectivity index (χ1v) is 7.93. The minimum Gasteiger partial charge on any atom is -0.493 e. The van der Waals surface area contributed by atoms with Crippen LogP contribution in [0.25, 0.3) is 0 Å². The first-order chi connectivity index (χ1) is 12.0. The average Bonchev–Trinajstić information content (AvgIpc) is 2.61. The molecule has 2 aromatic rings. The molecule has 25 heavy (non-hydrogen) atoms. The predicted molar refractivity (Wildman–Crippen MR) is 90.3 cm³/mol. The molecule has 1 unspecified atom stereocenters. The number of nitro groups is 1. The zero-order chi connectivity index (χ0) is 17.9. The zero-order valence-electron chi connectivity index (χ0n) is 13.5. The Kier molecular flexibility index (Phi) is 4.67. The van der Waals surface area contributed by atoms with Crippen molar-refractivity contribution in [2.24, 2.45) is 0 Å². The molecular weight excluding hydrogens is 324 g/mol. The molecule has 1 aliphatic heterocycles. The average molecular weight is 342 g/mol. The van der Waals surface area contributed by atoms with E-state index in [1.807, 2.05) is 12.1 Å². The number of carbonyl (C=O) groups is 1. The van der Waals surface area contributed by atoms with E-state index in [1.54, 1.807) is 24.3 Å². The van der Waals surface area contributed by atoms with E-state index in [-0.39, 0.29) is 24.6 Å². The van der Waals surface area contributed by atoms with Crippen LogP contribution in [0.2, 0.25) is 0 Å². The number of fused-ring (bicyclic) bond motifs is 1.